The highest BCUT2D eigenvalue weighted by Crippen LogP contribution is 2.34. The van der Waals surface area contributed by atoms with Crippen LogP contribution in [0.4, 0.5) is 0 Å². The van der Waals surface area contributed by atoms with E-state index >= 15 is 0 Å². The maximum Gasteiger partial charge on any atom is 0.285 e. The molecule has 0 radical (unpaired) electrons. The lowest BCUT2D eigenvalue weighted by Crippen LogP contribution is -2.44. The van der Waals surface area contributed by atoms with Crippen molar-refractivity contribution in [2.24, 2.45) is 0 Å². The monoisotopic (exact) mass is 588 g/mol. The zero-order valence-corrected chi connectivity index (χ0v) is 22.3. The average molecular weight is 590 g/mol. The van der Waals surface area contributed by atoms with Gasteiger partial charge >= 0.3 is 0 Å². The number of hydrazine groups is 1. The van der Waals surface area contributed by atoms with Crippen LogP contribution in [0.1, 0.15) is 21.5 Å². The fourth-order valence-corrected chi connectivity index (χ4v) is 4.69. The highest BCUT2D eigenvalue weighted by atomic mass is 79.9. The highest BCUT2D eigenvalue weighted by molar-refractivity contribution is 9.10. The molecule has 3 aromatic rings. The molecule has 0 spiro atoms. The number of rotatable bonds is 7. The highest BCUT2D eigenvalue weighted by Gasteiger charge is 2.33. The van der Waals surface area contributed by atoms with Crippen molar-refractivity contribution >= 4 is 73.7 Å². The Bertz CT molecular complexity index is 1310. The molecule has 35 heavy (non-hydrogen) atoms. The summed E-state index contributed by atoms with van der Waals surface area (Å²) in [6.45, 7) is 0.384. The van der Waals surface area contributed by atoms with Crippen molar-refractivity contribution in [2.75, 3.05) is 7.11 Å². The summed E-state index contributed by atoms with van der Waals surface area (Å²) in [6, 6.07) is 19.5. The molecule has 1 aliphatic heterocycles. The summed E-state index contributed by atoms with van der Waals surface area (Å²) in [5.74, 6) is 0.225. The Labute approximate surface area is 225 Å². The van der Waals surface area contributed by atoms with Crippen LogP contribution in [0.3, 0.4) is 0 Å². The zero-order chi connectivity index (χ0) is 24.9. The van der Waals surface area contributed by atoms with Gasteiger partial charge in [-0.3, -0.25) is 15.0 Å². The molecule has 178 valence electrons. The topological polar surface area (TPSA) is 67.9 Å². The van der Waals surface area contributed by atoms with Gasteiger partial charge in [-0.1, -0.05) is 57.5 Å². The summed E-state index contributed by atoms with van der Waals surface area (Å²) in [6.07, 6.45) is 1.69. The summed E-state index contributed by atoms with van der Waals surface area (Å²) in [4.78, 5) is 25.8. The maximum atomic E-state index is 12.9. The standard InChI is InChI=1S/C25H18BrClN2O4S2/c1-32-21-12-16(4-11-20(21)33-14-15-2-7-18(26)8-3-15)13-22-24(31)29(25(34)35-22)28-23(30)17-5-9-19(27)10-6-17/h2-13H,14H2,1H3,(H,28,30)/b22-13-. The normalized spacial score (nSPS) is 14.4. The van der Waals surface area contributed by atoms with Crippen molar-refractivity contribution in [1.82, 2.24) is 10.4 Å². The Morgan fingerprint density at radius 2 is 1.83 bits per heavy atom. The van der Waals surface area contributed by atoms with E-state index in [9.17, 15) is 9.59 Å². The van der Waals surface area contributed by atoms with Crippen LogP contribution in [-0.2, 0) is 11.4 Å². The minimum Gasteiger partial charge on any atom is -0.493 e. The molecule has 1 heterocycles. The maximum absolute atomic E-state index is 12.9. The number of amides is 2. The Hall–Kier alpha value is -2.85. The smallest absolute Gasteiger partial charge is 0.285 e. The number of ether oxygens (including phenoxy) is 2. The molecular formula is C25H18BrClN2O4S2. The summed E-state index contributed by atoms with van der Waals surface area (Å²) in [7, 11) is 1.55. The number of carbonyl (C=O) groups is 2. The number of thiocarbonyl (C=S) groups is 1. The number of methoxy groups -OCH3 is 1. The van der Waals surface area contributed by atoms with E-state index in [-0.39, 0.29) is 4.32 Å². The van der Waals surface area contributed by atoms with Crippen molar-refractivity contribution in [3.8, 4) is 11.5 Å². The number of hydrogen-bond donors (Lipinski definition) is 1. The second-order valence-electron chi connectivity index (χ2n) is 7.29. The van der Waals surface area contributed by atoms with E-state index in [1.165, 1.54) is 0 Å². The molecule has 0 atom stereocenters. The lowest BCUT2D eigenvalue weighted by molar-refractivity contribution is -0.123. The second kappa shape index (κ2) is 11.3. The third-order valence-corrected chi connectivity index (χ3v) is 6.99. The fraction of sp³-hybridized carbons (Fsp3) is 0.0800. The molecule has 0 unspecified atom stereocenters. The molecule has 1 fully saturated rings. The third kappa shape index (κ3) is 6.24. The van der Waals surface area contributed by atoms with E-state index in [1.54, 1.807) is 49.6 Å². The molecule has 0 aliphatic carbocycles. The van der Waals surface area contributed by atoms with Gasteiger partial charge in [0.1, 0.15) is 6.61 Å². The minimum absolute atomic E-state index is 0.227. The predicted octanol–water partition coefficient (Wildman–Crippen LogP) is 6.24. The van der Waals surface area contributed by atoms with Gasteiger partial charge in [0.15, 0.2) is 15.8 Å². The molecule has 0 saturated carbocycles. The van der Waals surface area contributed by atoms with Crippen LogP contribution in [0, 0.1) is 0 Å². The lowest BCUT2D eigenvalue weighted by Gasteiger charge is -2.15. The van der Waals surface area contributed by atoms with Gasteiger partial charge in [-0.05, 0) is 78.0 Å². The van der Waals surface area contributed by atoms with Crippen LogP contribution >= 0.6 is 51.5 Å². The summed E-state index contributed by atoms with van der Waals surface area (Å²) >= 11 is 15.7. The van der Waals surface area contributed by atoms with E-state index in [4.69, 9.17) is 33.3 Å². The molecule has 4 rings (SSSR count). The molecule has 2 amide bonds. The molecule has 0 aromatic heterocycles. The van der Waals surface area contributed by atoms with Gasteiger partial charge in [0.25, 0.3) is 11.8 Å². The number of carbonyl (C=O) groups excluding carboxylic acids is 2. The Morgan fingerprint density at radius 3 is 2.51 bits per heavy atom. The molecule has 1 saturated heterocycles. The summed E-state index contributed by atoms with van der Waals surface area (Å²) < 4.78 is 12.6. The molecule has 6 nitrogen and oxygen atoms in total. The summed E-state index contributed by atoms with van der Waals surface area (Å²) in [5, 5.41) is 1.57. The number of nitrogens with zero attached hydrogens (tertiary/aromatic N) is 1. The van der Waals surface area contributed by atoms with Crippen molar-refractivity contribution < 1.29 is 19.1 Å². The number of halogens is 2. The molecule has 10 heteroatoms. The average Bonchev–Trinajstić information content (AvgIpc) is 3.11. The number of thioether (sulfide) groups is 1. The lowest BCUT2D eigenvalue weighted by atomic mass is 10.2. The quantitative estimate of drug-likeness (QED) is 0.260. The minimum atomic E-state index is -0.465. The van der Waals surface area contributed by atoms with Crippen molar-refractivity contribution in [1.29, 1.82) is 0 Å². The van der Waals surface area contributed by atoms with E-state index in [2.05, 4.69) is 21.4 Å². The molecule has 0 bridgehead atoms. The fourth-order valence-electron chi connectivity index (χ4n) is 3.12. The van der Waals surface area contributed by atoms with Crippen LogP contribution in [-0.4, -0.2) is 28.3 Å². The molecular weight excluding hydrogens is 572 g/mol. The first-order valence-corrected chi connectivity index (χ1v) is 12.6. The molecule has 3 aromatic carbocycles. The van der Waals surface area contributed by atoms with E-state index in [1.807, 2.05) is 30.3 Å². The van der Waals surface area contributed by atoms with Gasteiger partial charge in [-0.15, -0.1) is 0 Å². The predicted molar refractivity (Wildman–Crippen MR) is 145 cm³/mol. The van der Waals surface area contributed by atoms with Gasteiger partial charge in [0, 0.05) is 15.1 Å². The largest absolute Gasteiger partial charge is 0.493 e. The molecule has 1 N–H and O–H groups in total. The van der Waals surface area contributed by atoms with Gasteiger partial charge in [-0.2, -0.15) is 5.01 Å². The van der Waals surface area contributed by atoms with Crippen LogP contribution in [0.15, 0.2) is 76.1 Å². The number of benzene rings is 3. The summed E-state index contributed by atoms with van der Waals surface area (Å²) in [5.41, 5.74) is 4.65. The first-order valence-electron chi connectivity index (χ1n) is 10.2. The van der Waals surface area contributed by atoms with Crippen molar-refractivity contribution in [3.63, 3.8) is 0 Å². The van der Waals surface area contributed by atoms with Crippen molar-refractivity contribution in [2.45, 2.75) is 6.61 Å². The Balaban J connectivity index is 1.46. The van der Waals surface area contributed by atoms with Gasteiger partial charge in [-0.25, -0.2) is 0 Å². The molecule has 1 aliphatic rings. The van der Waals surface area contributed by atoms with Crippen LogP contribution < -0.4 is 14.9 Å². The SMILES string of the molecule is COc1cc(/C=C2\SC(=S)N(NC(=O)c3ccc(Cl)cc3)C2=O)ccc1OCc1ccc(Br)cc1. The van der Waals surface area contributed by atoms with Crippen molar-refractivity contribution in [3.05, 3.63) is 97.8 Å². The number of nitrogens with one attached hydrogen (secondary N) is 1. The van der Waals surface area contributed by atoms with Gasteiger partial charge in [0.2, 0.25) is 0 Å². The van der Waals surface area contributed by atoms with Crippen LogP contribution in [0.2, 0.25) is 5.02 Å². The first kappa shape index (κ1) is 25.2. The van der Waals surface area contributed by atoms with Gasteiger partial charge in [0.05, 0.1) is 12.0 Å². The number of hydrogen-bond acceptors (Lipinski definition) is 6. The van der Waals surface area contributed by atoms with E-state index in [0.29, 0.717) is 33.6 Å². The first-order chi connectivity index (χ1) is 16.8. The van der Waals surface area contributed by atoms with Crippen LogP contribution in [0.25, 0.3) is 6.08 Å². The van der Waals surface area contributed by atoms with Crippen LogP contribution in [0.5, 0.6) is 11.5 Å². The van der Waals surface area contributed by atoms with Gasteiger partial charge < -0.3 is 9.47 Å². The zero-order valence-electron chi connectivity index (χ0n) is 18.3. The Morgan fingerprint density at radius 1 is 1.11 bits per heavy atom. The second-order valence-corrected chi connectivity index (χ2v) is 10.3. The van der Waals surface area contributed by atoms with E-state index in [0.717, 1.165) is 32.4 Å². The Kier molecular flexibility index (Phi) is 8.12. The third-order valence-electron chi connectivity index (χ3n) is 4.91. The van der Waals surface area contributed by atoms with E-state index < -0.39 is 11.8 Å².